The lowest BCUT2D eigenvalue weighted by molar-refractivity contribution is -0.143. The van der Waals surface area contributed by atoms with Crippen LogP contribution in [0.15, 0.2) is 39.4 Å². The van der Waals surface area contributed by atoms with Crippen molar-refractivity contribution in [2.45, 2.75) is 19.5 Å². The number of hydrogen-bond donors (Lipinski definition) is 1. The van der Waals surface area contributed by atoms with Crippen molar-refractivity contribution in [3.8, 4) is 0 Å². The molecule has 0 spiro atoms. The molecule has 1 N–H and O–H groups in total. The number of esters is 1. The van der Waals surface area contributed by atoms with Gasteiger partial charge in [-0.3, -0.25) is 5.32 Å². The van der Waals surface area contributed by atoms with Crippen LogP contribution in [0.3, 0.4) is 0 Å². The second kappa shape index (κ2) is 6.67. The molecule has 0 bridgehead atoms. The number of halogens is 1. The molecule has 0 unspecified atom stereocenters. The molecule has 6 heteroatoms. The highest BCUT2D eigenvalue weighted by Crippen LogP contribution is 2.18. The largest absolute Gasteiger partial charge is 0.468 e. The normalized spacial score (nSPS) is 12.2. The minimum absolute atomic E-state index is 0.351. The molecule has 5 nitrogen and oxygen atoms in total. The number of carbonyl (C=O) groups excluding carboxylic acids is 1. The molecule has 1 heterocycles. The van der Waals surface area contributed by atoms with Crippen LogP contribution in [-0.2, 0) is 16.1 Å². The molecule has 0 saturated carbocycles. The van der Waals surface area contributed by atoms with Crippen LogP contribution in [0.2, 0.25) is 0 Å². The van der Waals surface area contributed by atoms with Gasteiger partial charge in [-0.1, -0.05) is 28.1 Å². The van der Waals surface area contributed by atoms with E-state index in [1.54, 1.807) is 6.20 Å². The second-order valence-corrected chi connectivity index (χ2v) is 5.17. The molecule has 20 heavy (non-hydrogen) atoms. The van der Waals surface area contributed by atoms with E-state index in [9.17, 15) is 4.79 Å². The number of nitrogens with zero attached hydrogens (tertiary/aromatic N) is 1. The van der Waals surface area contributed by atoms with Gasteiger partial charge >= 0.3 is 5.97 Å². The Morgan fingerprint density at radius 2 is 2.15 bits per heavy atom. The molecule has 1 aromatic carbocycles. The third-order valence-electron chi connectivity index (χ3n) is 2.77. The number of nitrogens with one attached hydrogen (secondary N) is 1. The lowest BCUT2D eigenvalue weighted by Gasteiger charge is -2.16. The van der Waals surface area contributed by atoms with Gasteiger partial charge < -0.3 is 9.15 Å². The van der Waals surface area contributed by atoms with E-state index in [4.69, 9.17) is 9.15 Å². The van der Waals surface area contributed by atoms with E-state index in [0.29, 0.717) is 12.4 Å². The fraction of sp³-hybridized carbons (Fsp3) is 0.286. The maximum absolute atomic E-state index is 11.9. The lowest BCUT2D eigenvalue weighted by atomic mass is 10.1. The molecule has 0 aliphatic rings. The molecule has 2 aromatic rings. The summed E-state index contributed by atoms with van der Waals surface area (Å²) in [5, 5.41) is 3.09. The van der Waals surface area contributed by atoms with Gasteiger partial charge in [0.05, 0.1) is 19.9 Å². The van der Waals surface area contributed by atoms with Gasteiger partial charge in [-0.2, -0.15) is 0 Å². The number of ether oxygens (including phenoxy) is 1. The lowest BCUT2D eigenvalue weighted by Crippen LogP contribution is -2.29. The Morgan fingerprint density at radius 3 is 2.70 bits per heavy atom. The average molecular weight is 339 g/mol. The zero-order valence-corrected chi connectivity index (χ0v) is 12.8. The first-order valence-electron chi connectivity index (χ1n) is 6.08. The van der Waals surface area contributed by atoms with Crippen LogP contribution in [0.25, 0.3) is 0 Å². The van der Waals surface area contributed by atoms with Crippen LogP contribution in [0, 0.1) is 6.92 Å². The van der Waals surface area contributed by atoms with E-state index in [1.807, 2.05) is 31.2 Å². The van der Waals surface area contributed by atoms with Crippen LogP contribution < -0.4 is 5.32 Å². The summed E-state index contributed by atoms with van der Waals surface area (Å²) in [7, 11) is 1.37. The fourth-order valence-corrected chi connectivity index (χ4v) is 2.05. The van der Waals surface area contributed by atoms with Crippen molar-refractivity contribution >= 4 is 21.9 Å². The summed E-state index contributed by atoms with van der Waals surface area (Å²) in [6.07, 6.45) is 1.64. The Labute approximate surface area is 125 Å². The van der Waals surface area contributed by atoms with Gasteiger partial charge in [0.2, 0.25) is 5.89 Å². The molecule has 106 valence electrons. The first-order valence-corrected chi connectivity index (χ1v) is 6.87. The number of aryl methyl sites for hydroxylation is 1. The van der Waals surface area contributed by atoms with Gasteiger partial charge in [-0.25, -0.2) is 9.78 Å². The first-order chi connectivity index (χ1) is 9.60. The topological polar surface area (TPSA) is 64.4 Å². The molecular weight excluding hydrogens is 324 g/mol. The molecular formula is C14H15BrN2O3. The van der Waals surface area contributed by atoms with Gasteiger partial charge in [-0.15, -0.1) is 0 Å². The molecule has 1 aromatic heterocycles. The monoisotopic (exact) mass is 338 g/mol. The molecule has 1 atom stereocenters. The Morgan fingerprint density at radius 1 is 1.45 bits per heavy atom. The van der Waals surface area contributed by atoms with Gasteiger partial charge in [0.25, 0.3) is 0 Å². The van der Waals surface area contributed by atoms with Gasteiger partial charge in [-0.05, 0) is 24.6 Å². The standard InChI is InChI=1S/C14H15BrN2O3/c1-9-7-16-12(20-9)8-17-13(14(18)19-2)10-3-5-11(15)6-4-10/h3-7,13,17H,8H2,1-2H3/t13-/m0/s1. The molecule has 0 aliphatic heterocycles. The van der Waals surface area contributed by atoms with E-state index in [0.717, 1.165) is 15.8 Å². The van der Waals surface area contributed by atoms with Gasteiger partial charge in [0.15, 0.2) is 0 Å². The second-order valence-electron chi connectivity index (χ2n) is 4.25. The molecule has 2 rings (SSSR count). The van der Waals surface area contributed by atoms with Crippen LogP contribution in [-0.4, -0.2) is 18.1 Å². The number of aromatic nitrogens is 1. The summed E-state index contributed by atoms with van der Waals surface area (Å²) in [5.41, 5.74) is 0.823. The van der Waals surface area contributed by atoms with Crippen molar-refractivity contribution < 1.29 is 13.9 Å². The number of methoxy groups -OCH3 is 1. The number of rotatable bonds is 5. The number of oxazole rings is 1. The number of hydrogen-bond acceptors (Lipinski definition) is 5. The first kappa shape index (κ1) is 14.7. The van der Waals surface area contributed by atoms with Crippen molar-refractivity contribution in [2.75, 3.05) is 7.11 Å². The highest BCUT2D eigenvalue weighted by molar-refractivity contribution is 9.10. The Kier molecular flexibility index (Phi) is 4.92. The van der Waals surface area contributed by atoms with Crippen LogP contribution in [0.4, 0.5) is 0 Å². The Hall–Kier alpha value is -1.66. The average Bonchev–Trinajstić information content (AvgIpc) is 2.86. The predicted octanol–water partition coefficient (Wildman–Crippen LogP) is 2.75. The third-order valence-corrected chi connectivity index (χ3v) is 3.30. The quantitative estimate of drug-likeness (QED) is 0.849. The zero-order chi connectivity index (χ0) is 14.5. The minimum atomic E-state index is -0.555. The summed E-state index contributed by atoms with van der Waals surface area (Å²) in [5.74, 6) is 0.921. The van der Waals surface area contributed by atoms with Gasteiger partial charge in [0, 0.05) is 4.47 Å². The maximum atomic E-state index is 11.9. The summed E-state index contributed by atoms with van der Waals surface area (Å²) in [6.45, 7) is 2.17. The van der Waals surface area contributed by atoms with Crippen molar-refractivity contribution in [2.24, 2.45) is 0 Å². The zero-order valence-electron chi connectivity index (χ0n) is 11.2. The molecule has 0 fully saturated rings. The number of carbonyl (C=O) groups is 1. The van der Waals surface area contributed by atoms with Crippen molar-refractivity contribution in [3.05, 3.63) is 52.1 Å². The fourth-order valence-electron chi connectivity index (χ4n) is 1.78. The van der Waals surface area contributed by atoms with Crippen molar-refractivity contribution in [1.82, 2.24) is 10.3 Å². The van der Waals surface area contributed by atoms with Crippen LogP contribution in [0.5, 0.6) is 0 Å². The molecule has 0 amide bonds. The summed E-state index contributed by atoms with van der Waals surface area (Å²) in [4.78, 5) is 16.0. The van der Waals surface area contributed by atoms with Crippen LogP contribution >= 0.6 is 15.9 Å². The van der Waals surface area contributed by atoms with Crippen LogP contribution in [0.1, 0.15) is 23.3 Å². The van der Waals surface area contributed by atoms with Gasteiger partial charge in [0.1, 0.15) is 11.8 Å². The minimum Gasteiger partial charge on any atom is -0.468 e. The van der Waals surface area contributed by atoms with E-state index < -0.39 is 6.04 Å². The number of benzene rings is 1. The highest BCUT2D eigenvalue weighted by atomic mass is 79.9. The molecule has 0 radical (unpaired) electrons. The van der Waals surface area contributed by atoms with Crippen molar-refractivity contribution in [1.29, 1.82) is 0 Å². The van der Waals surface area contributed by atoms with E-state index in [2.05, 4.69) is 26.2 Å². The SMILES string of the molecule is COC(=O)[C@@H](NCc1ncc(C)o1)c1ccc(Br)cc1. The highest BCUT2D eigenvalue weighted by Gasteiger charge is 2.21. The van der Waals surface area contributed by atoms with E-state index in [1.165, 1.54) is 7.11 Å². The van der Waals surface area contributed by atoms with E-state index >= 15 is 0 Å². The Balaban J connectivity index is 2.11. The predicted molar refractivity (Wildman–Crippen MR) is 77.0 cm³/mol. The maximum Gasteiger partial charge on any atom is 0.327 e. The third kappa shape index (κ3) is 3.68. The Bertz CT molecular complexity index is 580. The summed E-state index contributed by atoms with van der Waals surface area (Å²) < 4.78 is 11.1. The summed E-state index contributed by atoms with van der Waals surface area (Å²) in [6, 6.07) is 6.92. The molecule has 0 aliphatic carbocycles. The smallest absolute Gasteiger partial charge is 0.327 e. The molecule has 0 saturated heterocycles. The van der Waals surface area contributed by atoms with Crippen molar-refractivity contribution in [3.63, 3.8) is 0 Å². The summed E-state index contributed by atoms with van der Waals surface area (Å²) >= 11 is 3.37. The van der Waals surface area contributed by atoms with E-state index in [-0.39, 0.29) is 5.97 Å².